The van der Waals surface area contributed by atoms with Crippen molar-refractivity contribution in [2.75, 3.05) is 13.2 Å². The smallest absolute Gasteiger partial charge is 0.224 e. The molecule has 0 aliphatic heterocycles. The quantitative estimate of drug-likeness (QED) is 0.605. The Morgan fingerprint density at radius 3 is 2.81 bits per heavy atom. The average Bonchev–Trinajstić information content (AvgIpc) is 3.03. The van der Waals surface area contributed by atoms with Crippen molar-refractivity contribution < 1.29 is 13.9 Å². The molecule has 0 aliphatic rings. The molecule has 0 aliphatic carbocycles. The van der Waals surface area contributed by atoms with E-state index in [-0.39, 0.29) is 12.0 Å². The molecule has 2 aromatic carbocycles. The van der Waals surface area contributed by atoms with Gasteiger partial charge in [-0.2, -0.15) is 0 Å². The average molecular weight is 351 g/mol. The Morgan fingerprint density at radius 2 is 2.00 bits per heavy atom. The van der Waals surface area contributed by atoms with Crippen molar-refractivity contribution in [3.63, 3.8) is 0 Å². The van der Waals surface area contributed by atoms with E-state index < -0.39 is 0 Å². The van der Waals surface area contributed by atoms with E-state index in [0.717, 1.165) is 28.5 Å². The summed E-state index contributed by atoms with van der Waals surface area (Å²) < 4.78 is 11.4. The van der Waals surface area contributed by atoms with E-state index in [1.165, 1.54) is 5.56 Å². The first-order chi connectivity index (χ1) is 12.6. The lowest BCUT2D eigenvalue weighted by atomic mass is 10.1. The second-order valence-corrected chi connectivity index (χ2v) is 6.56. The summed E-state index contributed by atoms with van der Waals surface area (Å²) in [6, 6.07) is 16.2. The topological polar surface area (TPSA) is 51.5 Å². The third-order valence-corrected chi connectivity index (χ3v) is 4.44. The minimum absolute atomic E-state index is 0.00406. The number of carbonyl (C=O) groups is 1. The van der Waals surface area contributed by atoms with Gasteiger partial charge < -0.3 is 14.5 Å². The van der Waals surface area contributed by atoms with Crippen LogP contribution in [0.25, 0.3) is 11.0 Å². The maximum absolute atomic E-state index is 12.1. The van der Waals surface area contributed by atoms with E-state index in [2.05, 4.69) is 17.4 Å². The van der Waals surface area contributed by atoms with Crippen molar-refractivity contribution in [3.05, 3.63) is 71.5 Å². The van der Waals surface area contributed by atoms with Crippen molar-refractivity contribution in [2.45, 2.75) is 32.8 Å². The molecule has 1 amide bonds. The predicted octanol–water partition coefficient (Wildman–Crippen LogP) is 4.57. The normalized spacial score (nSPS) is 12.2. The first-order valence-corrected chi connectivity index (χ1v) is 9.03. The highest BCUT2D eigenvalue weighted by molar-refractivity contribution is 5.87. The maximum Gasteiger partial charge on any atom is 0.224 e. The number of ether oxygens (including phenoxy) is 1. The Morgan fingerprint density at radius 1 is 1.19 bits per heavy atom. The van der Waals surface area contributed by atoms with Crippen LogP contribution in [0.2, 0.25) is 0 Å². The molecule has 1 atom stereocenters. The van der Waals surface area contributed by atoms with Crippen molar-refractivity contribution in [1.82, 2.24) is 5.32 Å². The molecular formula is C22H25NO3. The first-order valence-electron chi connectivity index (χ1n) is 9.03. The fourth-order valence-electron chi connectivity index (χ4n) is 2.94. The van der Waals surface area contributed by atoms with Crippen molar-refractivity contribution in [3.8, 4) is 0 Å². The highest BCUT2D eigenvalue weighted by atomic mass is 16.5. The summed E-state index contributed by atoms with van der Waals surface area (Å²) in [5, 5.41) is 3.96. The summed E-state index contributed by atoms with van der Waals surface area (Å²) in [6.07, 6.45) is 2.85. The largest absolute Gasteiger partial charge is 0.464 e. The minimum atomic E-state index is 0.00406. The summed E-state index contributed by atoms with van der Waals surface area (Å²) in [5.41, 5.74) is 4.06. The van der Waals surface area contributed by atoms with Crippen LogP contribution >= 0.6 is 0 Å². The van der Waals surface area contributed by atoms with Gasteiger partial charge in [0.05, 0.1) is 18.8 Å². The highest BCUT2D eigenvalue weighted by Crippen LogP contribution is 2.22. The van der Waals surface area contributed by atoms with Crippen molar-refractivity contribution >= 4 is 16.9 Å². The molecule has 1 N–H and O–H groups in total. The lowest BCUT2D eigenvalue weighted by Crippen LogP contribution is -2.26. The number of fused-ring (bicyclic) bond motifs is 1. The van der Waals surface area contributed by atoms with Gasteiger partial charge in [-0.25, -0.2) is 0 Å². The molecule has 3 rings (SSSR count). The molecule has 4 nitrogen and oxygen atoms in total. The van der Waals surface area contributed by atoms with E-state index in [1.54, 1.807) is 6.26 Å². The number of benzene rings is 2. The third kappa shape index (κ3) is 4.73. The van der Waals surface area contributed by atoms with Gasteiger partial charge in [-0.1, -0.05) is 42.5 Å². The van der Waals surface area contributed by atoms with Gasteiger partial charge in [0.2, 0.25) is 5.91 Å². The summed E-state index contributed by atoms with van der Waals surface area (Å²) >= 11 is 0. The van der Waals surface area contributed by atoms with Crippen molar-refractivity contribution in [1.29, 1.82) is 0 Å². The van der Waals surface area contributed by atoms with Crippen LogP contribution in [-0.4, -0.2) is 19.1 Å². The zero-order chi connectivity index (χ0) is 18.4. The van der Waals surface area contributed by atoms with E-state index in [1.807, 2.05) is 50.2 Å². The highest BCUT2D eigenvalue weighted by Gasteiger charge is 2.10. The van der Waals surface area contributed by atoms with Crippen LogP contribution in [0.1, 0.15) is 36.1 Å². The molecule has 1 heterocycles. The van der Waals surface area contributed by atoms with E-state index in [0.29, 0.717) is 19.6 Å². The lowest BCUT2D eigenvalue weighted by molar-refractivity contribution is -0.120. The van der Waals surface area contributed by atoms with Crippen LogP contribution in [0, 0.1) is 6.92 Å². The molecule has 3 aromatic rings. The van der Waals surface area contributed by atoms with E-state index >= 15 is 0 Å². The zero-order valence-corrected chi connectivity index (χ0v) is 15.3. The SMILES string of the molecule is Cc1ccc2c(CC(=O)NCCCOC(C)c3ccccc3)coc2c1. The second kappa shape index (κ2) is 8.68. The molecule has 136 valence electrons. The van der Waals surface area contributed by atoms with Gasteiger partial charge in [0.25, 0.3) is 0 Å². The second-order valence-electron chi connectivity index (χ2n) is 6.56. The molecule has 0 saturated carbocycles. The van der Waals surface area contributed by atoms with Gasteiger partial charge in [-0.15, -0.1) is 0 Å². The lowest BCUT2D eigenvalue weighted by Gasteiger charge is -2.13. The number of carbonyl (C=O) groups excluding carboxylic acids is 1. The van der Waals surface area contributed by atoms with Crippen molar-refractivity contribution in [2.24, 2.45) is 0 Å². The molecule has 0 saturated heterocycles. The summed E-state index contributed by atoms with van der Waals surface area (Å²) in [5.74, 6) is 0.00406. The Kier molecular flexibility index (Phi) is 6.08. The third-order valence-electron chi connectivity index (χ3n) is 4.44. The Bertz CT molecular complexity index is 854. The van der Waals surface area contributed by atoms with Gasteiger partial charge >= 0.3 is 0 Å². The zero-order valence-electron chi connectivity index (χ0n) is 15.3. The van der Waals surface area contributed by atoms with Gasteiger partial charge in [0.15, 0.2) is 0 Å². The Labute approximate surface area is 154 Å². The summed E-state index contributed by atoms with van der Waals surface area (Å²) in [7, 11) is 0. The number of furan rings is 1. The first kappa shape index (κ1) is 18.2. The number of amides is 1. The molecule has 26 heavy (non-hydrogen) atoms. The maximum atomic E-state index is 12.1. The Hall–Kier alpha value is -2.59. The van der Waals surface area contributed by atoms with Gasteiger partial charge in [-0.3, -0.25) is 4.79 Å². The molecule has 0 fully saturated rings. The number of hydrogen-bond acceptors (Lipinski definition) is 3. The number of hydrogen-bond donors (Lipinski definition) is 1. The fourth-order valence-corrected chi connectivity index (χ4v) is 2.94. The number of aryl methyl sites for hydroxylation is 1. The van der Waals surface area contributed by atoms with Gasteiger partial charge in [-0.05, 0) is 37.5 Å². The molecule has 1 unspecified atom stereocenters. The fraction of sp³-hybridized carbons (Fsp3) is 0.318. The van der Waals surface area contributed by atoms with Crippen LogP contribution in [0.4, 0.5) is 0 Å². The molecule has 0 radical (unpaired) electrons. The number of rotatable bonds is 8. The molecule has 4 heteroatoms. The summed E-state index contributed by atoms with van der Waals surface area (Å²) in [4.78, 5) is 12.1. The standard InChI is InChI=1S/C22H25NO3/c1-16-9-10-20-19(15-26-21(20)13-16)14-22(24)23-11-6-12-25-17(2)18-7-4-3-5-8-18/h3-5,7-10,13,15,17H,6,11-12,14H2,1-2H3,(H,23,24). The van der Waals surface area contributed by atoms with Crippen LogP contribution in [-0.2, 0) is 16.0 Å². The van der Waals surface area contributed by atoms with E-state index in [4.69, 9.17) is 9.15 Å². The van der Waals surface area contributed by atoms with Crippen LogP contribution in [0.15, 0.2) is 59.2 Å². The summed E-state index contributed by atoms with van der Waals surface area (Å²) in [6.45, 7) is 5.29. The van der Waals surface area contributed by atoms with Crippen LogP contribution < -0.4 is 5.32 Å². The molecule has 1 aromatic heterocycles. The van der Waals surface area contributed by atoms with E-state index in [9.17, 15) is 4.79 Å². The molecule has 0 bridgehead atoms. The monoisotopic (exact) mass is 351 g/mol. The molecule has 0 spiro atoms. The number of nitrogens with one attached hydrogen (secondary N) is 1. The van der Waals surface area contributed by atoms with Gasteiger partial charge in [0.1, 0.15) is 5.58 Å². The Balaban J connectivity index is 1.39. The van der Waals surface area contributed by atoms with Crippen LogP contribution in [0.3, 0.4) is 0 Å². The van der Waals surface area contributed by atoms with Crippen LogP contribution in [0.5, 0.6) is 0 Å². The minimum Gasteiger partial charge on any atom is -0.464 e. The predicted molar refractivity (Wildman–Crippen MR) is 103 cm³/mol. The molecular weight excluding hydrogens is 326 g/mol. The van der Waals surface area contributed by atoms with Gasteiger partial charge in [0, 0.05) is 24.1 Å².